The number of anilines is 2. The van der Waals surface area contributed by atoms with Crippen LogP contribution in [0.2, 0.25) is 0 Å². The summed E-state index contributed by atoms with van der Waals surface area (Å²) in [6, 6.07) is 18.5. The van der Waals surface area contributed by atoms with Crippen molar-refractivity contribution in [3.8, 4) is 17.1 Å². The number of rotatable bonds is 9. The number of nitrogens with zero attached hydrogens (tertiary/aromatic N) is 3. The SMILES string of the molecule is COc1ccc(NC(C)=O)cc1NC(=O)CSc1nnc(-c2ccccc2)n1Cc1ccco1. The summed E-state index contributed by atoms with van der Waals surface area (Å²) in [6.07, 6.45) is 1.62. The number of benzene rings is 2. The molecule has 2 heterocycles. The normalized spacial score (nSPS) is 10.6. The van der Waals surface area contributed by atoms with Crippen LogP contribution >= 0.6 is 11.8 Å². The number of hydrogen-bond donors (Lipinski definition) is 2. The van der Waals surface area contributed by atoms with Gasteiger partial charge in [0.15, 0.2) is 11.0 Å². The van der Waals surface area contributed by atoms with Crippen molar-refractivity contribution in [3.05, 3.63) is 72.7 Å². The molecular weight excluding hydrogens is 454 g/mol. The third kappa shape index (κ3) is 5.65. The Hall–Kier alpha value is -4.05. The highest BCUT2D eigenvalue weighted by Crippen LogP contribution is 2.29. The number of carbonyl (C=O) groups excluding carboxylic acids is 2. The van der Waals surface area contributed by atoms with E-state index in [1.54, 1.807) is 24.5 Å². The summed E-state index contributed by atoms with van der Waals surface area (Å²) in [4.78, 5) is 24.1. The van der Waals surface area contributed by atoms with E-state index in [9.17, 15) is 9.59 Å². The lowest BCUT2D eigenvalue weighted by Gasteiger charge is -2.12. The Balaban J connectivity index is 1.51. The maximum absolute atomic E-state index is 12.7. The highest BCUT2D eigenvalue weighted by atomic mass is 32.2. The molecule has 0 bridgehead atoms. The molecule has 4 aromatic rings. The van der Waals surface area contributed by atoms with Crippen molar-refractivity contribution in [2.45, 2.75) is 18.6 Å². The van der Waals surface area contributed by atoms with E-state index >= 15 is 0 Å². The van der Waals surface area contributed by atoms with E-state index in [0.29, 0.717) is 34.6 Å². The summed E-state index contributed by atoms with van der Waals surface area (Å²) >= 11 is 1.27. The van der Waals surface area contributed by atoms with Crippen molar-refractivity contribution in [2.75, 3.05) is 23.5 Å². The third-order valence-corrected chi connectivity index (χ3v) is 5.74. The van der Waals surface area contributed by atoms with E-state index in [1.165, 1.54) is 25.8 Å². The molecule has 0 fully saturated rings. The van der Waals surface area contributed by atoms with Crippen LogP contribution in [0.15, 0.2) is 76.5 Å². The number of amides is 2. The van der Waals surface area contributed by atoms with E-state index in [2.05, 4.69) is 20.8 Å². The molecule has 2 aromatic heterocycles. The Morgan fingerprint density at radius 1 is 1.06 bits per heavy atom. The zero-order chi connectivity index (χ0) is 23.9. The number of aromatic nitrogens is 3. The third-order valence-electron chi connectivity index (χ3n) is 4.77. The zero-order valence-corrected chi connectivity index (χ0v) is 19.5. The van der Waals surface area contributed by atoms with Gasteiger partial charge in [-0.1, -0.05) is 42.1 Å². The van der Waals surface area contributed by atoms with E-state index in [0.717, 1.165) is 11.3 Å². The van der Waals surface area contributed by atoms with Crippen LogP contribution < -0.4 is 15.4 Å². The van der Waals surface area contributed by atoms with Crippen LogP contribution in [0.1, 0.15) is 12.7 Å². The molecule has 2 amide bonds. The molecular formula is C24H23N5O4S. The van der Waals surface area contributed by atoms with Crippen molar-refractivity contribution in [1.29, 1.82) is 0 Å². The molecule has 4 rings (SSSR count). The summed E-state index contributed by atoms with van der Waals surface area (Å²) in [5.41, 5.74) is 1.93. The average molecular weight is 478 g/mol. The first-order chi connectivity index (χ1) is 16.5. The largest absolute Gasteiger partial charge is 0.495 e. The van der Waals surface area contributed by atoms with E-state index < -0.39 is 0 Å². The molecule has 0 spiro atoms. The molecule has 0 radical (unpaired) electrons. The number of hydrogen-bond acceptors (Lipinski definition) is 7. The van der Waals surface area contributed by atoms with Gasteiger partial charge in [0.25, 0.3) is 0 Å². The van der Waals surface area contributed by atoms with Gasteiger partial charge in [0, 0.05) is 18.2 Å². The molecule has 9 nitrogen and oxygen atoms in total. The molecule has 0 aliphatic rings. The predicted octanol–water partition coefficient (Wildman–Crippen LogP) is 4.28. The standard InChI is InChI=1S/C24H23N5O4S/c1-16(30)25-18-10-11-21(32-2)20(13-18)26-22(31)15-34-24-28-27-23(17-7-4-3-5-8-17)29(24)14-19-9-6-12-33-19/h3-13H,14-15H2,1-2H3,(H,25,30)(H,26,31). The highest BCUT2D eigenvalue weighted by Gasteiger charge is 2.17. The van der Waals surface area contributed by atoms with E-state index in [-0.39, 0.29) is 17.6 Å². The second kappa shape index (κ2) is 10.7. The fourth-order valence-electron chi connectivity index (χ4n) is 3.30. The van der Waals surface area contributed by atoms with Crippen LogP contribution in [0.25, 0.3) is 11.4 Å². The lowest BCUT2D eigenvalue weighted by molar-refractivity contribution is -0.114. The van der Waals surface area contributed by atoms with Gasteiger partial charge in [-0.15, -0.1) is 10.2 Å². The maximum atomic E-state index is 12.7. The lowest BCUT2D eigenvalue weighted by atomic mass is 10.2. The molecule has 10 heteroatoms. The minimum atomic E-state index is -0.253. The number of nitrogens with one attached hydrogen (secondary N) is 2. The Bertz CT molecular complexity index is 1270. The monoisotopic (exact) mass is 477 g/mol. The number of methoxy groups -OCH3 is 1. The van der Waals surface area contributed by atoms with Gasteiger partial charge in [-0.05, 0) is 30.3 Å². The van der Waals surface area contributed by atoms with Crippen molar-refractivity contribution in [3.63, 3.8) is 0 Å². The fraction of sp³-hybridized carbons (Fsp3) is 0.167. The van der Waals surface area contributed by atoms with Gasteiger partial charge < -0.3 is 19.8 Å². The van der Waals surface area contributed by atoms with Crippen molar-refractivity contribution in [1.82, 2.24) is 14.8 Å². The van der Waals surface area contributed by atoms with E-state index in [1.807, 2.05) is 47.0 Å². The highest BCUT2D eigenvalue weighted by molar-refractivity contribution is 7.99. The molecule has 0 aliphatic carbocycles. The van der Waals surface area contributed by atoms with Gasteiger partial charge in [-0.25, -0.2) is 0 Å². The lowest BCUT2D eigenvalue weighted by Crippen LogP contribution is -2.16. The first-order valence-corrected chi connectivity index (χ1v) is 11.4. The predicted molar refractivity (Wildman–Crippen MR) is 130 cm³/mol. The topological polar surface area (TPSA) is 111 Å². The summed E-state index contributed by atoms with van der Waals surface area (Å²) < 4.78 is 12.8. The van der Waals surface area contributed by atoms with Crippen LogP contribution in [-0.2, 0) is 16.1 Å². The van der Waals surface area contributed by atoms with Crippen molar-refractivity contribution in [2.24, 2.45) is 0 Å². The summed E-state index contributed by atoms with van der Waals surface area (Å²) in [7, 11) is 1.51. The zero-order valence-electron chi connectivity index (χ0n) is 18.6. The number of thioether (sulfide) groups is 1. The second-order valence-electron chi connectivity index (χ2n) is 7.27. The molecule has 2 N–H and O–H groups in total. The minimum Gasteiger partial charge on any atom is -0.495 e. The van der Waals surface area contributed by atoms with Crippen LogP contribution in [0, 0.1) is 0 Å². The number of carbonyl (C=O) groups is 2. The average Bonchev–Trinajstić information content (AvgIpc) is 3.48. The van der Waals surface area contributed by atoms with E-state index in [4.69, 9.17) is 9.15 Å². The van der Waals surface area contributed by atoms with Gasteiger partial charge in [-0.3, -0.25) is 14.2 Å². The smallest absolute Gasteiger partial charge is 0.234 e. The molecule has 2 aromatic carbocycles. The molecule has 0 unspecified atom stereocenters. The molecule has 174 valence electrons. The van der Waals surface area contributed by atoms with Crippen LogP contribution in [0.4, 0.5) is 11.4 Å². The van der Waals surface area contributed by atoms with Crippen LogP contribution in [-0.4, -0.2) is 39.4 Å². The molecule has 0 aliphatic heterocycles. The van der Waals surface area contributed by atoms with Gasteiger partial charge in [-0.2, -0.15) is 0 Å². The first-order valence-electron chi connectivity index (χ1n) is 10.4. The fourth-order valence-corrected chi connectivity index (χ4v) is 4.04. The molecule has 0 saturated carbocycles. The van der Waals surface area contributed by atoms with Gasteiger partial charge >= 0.3 is 0 Å². The summed E-state index contributed by atoms with van der Waals surface area (Å²) in [5.74, 6) is 1.56. The second-order valence-corrected chi connectivity index (χ2v) is 8.21. The minimum absolute atomic E-state index is 0.0958. The van der Waals surface area contributed by atoms with Crippen molar-refractivity contribution >= 4 is 35.0 Å². The molecule has 0 saturated heterocycles. The Labute approximate surface area is 200 Å². The maximum Gasteiger partial charge on any atom is 0.234 e. The summed E-state index contributed by atoms with van der Waals surface area (Å²) in [6.45, 7) is 1.85. The quantitative estimate of drug-likeness (QED) is 0.346. The number of ether oxygens (including phenoxy) is 1. The number of furan rings is 1. The molecule has 0 atom stereocenters. The van der Waals surface area contributed by atoms with Gasteiger partial charge in [0.1, 0.15) is 11.5 Å². The van der Waals surface area contributed by atoms with Gasteiger partial charge in [0.05, 0.1) is 31.4 Å². The van der Waals surface area contributed by atoms with Crippen molar-refractivity contribution < 1.29 is 18.7 Å². The summed E-state index contributed by atoms with van der Waals surface area (Å²) in [5, 5.41) is 14.8. The first kappa shape index (κ1) is 23.1. The molecule has 34 heavy (non-hydrogen) atoms. The Morgan fingerprint density at radius 3 is 2.59 bits per heavy atom. The Morgan fingerprint density at radius 2 is 1.88 bits per heavy atom. The van der Waals surface area contributed by atoms with Gasteiger partial charge in [0.2, 0.25) is 11.8 Å². The Kier molecular flexibility index (Phi) is 7.28. The van der Waals surface area contributed by atoms with Crippen LogP contribution in [0.5, 0.6) is 5.75 Å². The van der Waals surface area contributed by atoms with Crippen LogP contribution in [0.3, 0.4) is 0 Å².